The molecule has 0 fully saturated rings. The summed E-state index contributed by atoms with van der Waals surface area (Å²) in [5.41, 5.74) is 0.914. The number of carbonyl (C=O) groups excluding carboxylic acids is 1. The number of aliphatic hydroxyl groups is 2. The van der Waals surface area contributed by atoms with Crippen molar-refractivity contribution in [2.24, 2.45) is 0 Å². The minimum atomic E-state index is -1.31. The molecule has 0 spiro atoms. The second-order valence-electron chi connectivity index (χ2n) is 4.51. The number of nitrogens with one attached hydrogen (secondary N) is 1. The smallest absolute Gasteiger partial charge is 0.257 e. The highest BCUT2D eigenvalue weighted by Crippen LogP contribution is 2.35. The van der Waals surface area contributed by atoms with Gasteiger partial charge in [-0.15, -0.1) is 0 Å². The van der Waals surface area contributed by atoms with E-state index in [1.54, 1.807) is 18.9 Å². The molecule has 1 aliphatic rings. The summed E-state index contributed by atoms with van der Waals surface area (Å²) >= 11 is 0. The first-order chi connectivity index (χ1) is 8.40. The van der Waals surface area contributed by atoms with Gasteiger partial charge in [-0.25, -0.2) is 4.39 Å². The number of nitrogens with zero attached hydrogens (tertiary/aromatic N) is 1. The highest BCUT2D eigenvalue weighted by molar-refractivity contribution is 6.02. The third-order valence-electron chi connectivity index (χ3n) is 2.87. The van der Waals surface area contributed by atoms with E-state index in [1.165, 1.54) is 6.07 Å². The molecule has 1 aromatic rings. The Morgan fingerprint density at radius 1 is 1.56 bits per heavy atom. The Morgan fingerprint density at radius 3 is 2.83 bits per heavy atom. The Bertz CT molecular complexity index is 490. The molecule has 18 heavy (non-hydrogen) atoms. The lowest BCUT2D eigenvalue weighted by molar-refractivity contribution is -0.123. The van der Waals surface area contributed by atoms with Gasteiger partial charge in [0.1, 0.15) is 5.82 Å². The van der Waals surface area contributed by atoms with Gasteiger partial charge in [0.05, 0.1) is 11.8 Å². The van der Waals surface area contributed by atoms with Crippen LogP contribution in [-0.2, 0) is 4.79 Å². The SMILES string of the molecule is CC(O)CN(C)c1cc2c(cc1F)C(O)C(=O)N2. The Kier molecular flexibility index (Phi) is 3.23. The van der Waals surface area contributed by atoms with Crippen LogP contribution in [0.1, 0.15) is 18.6 Å². The molecular weight excluding hydrogens is 239 g/mol. The molecule has 98 valence electrons. The van der Waals surface area contributed by atoms with Crippen molar-refractivity contribution >= 4 is 17.3 Å². The first-order valence-corrected chi connectivity index (χ1v) is 5.61. The quantitative estimate of drug-likeness (QED) is 0.739. The van der Waals surface area contributed by atoms with E-state index >= 15 is 0 Å². The van der Waals surface area contributed by atoms with Gasteiger partial charge in [0.15, 0.2) is 6.10 Å². The molecule has 1 amide bonds. The van der Waals surface area contributed by atoms with Crippen LogP contribution in [0, 0.1) is 5.82 Å². The van der Waals surface area contributed by atoms with Gasteiger partial charge < -0.3 is 20.4 Å². The maximum Gasteiger partial charge on any atom is 0.257 e. The number of likely N-dealkylation sites (N-methyl/N-ethyl adjacent to an activating group) is 1. The molecule has 1 aliphatic heterocycles. The second-order valence-corrected chi connectivity index (χ2v) is 4.51. The van der Waals surface area contributed by atoms with Gasteiger partial charge in [0, 0.05) is 24.8 Å². The largest absolute Gasteiger partial charge is 0.392 e. The molecule has 6 heteroatoms. The van der Waals surface area contributed by atoms with Crippen LogP contribution >= 0.6 is 0 Å². The van der Waals surface area contributed by atoms with Crippen LogP contribution < -0.4 is 10.2 Å². The first kappa shape index (κ1) is 12.8. The number of hydrogen-bond acceptors (Lipinski definition) is 4. The van der Waals surface area contributed by atoms with Crippen molar-refractivity contribution in [1.82, 2.24) is 0 Å². The molecule has 2 rings (SSSR count). The molecule has 1 aromatic carbocycles. The van der Waals surface area contributed by atoms with Gasteiger partial charge in [-0.1, -0.05) is 0 Å². The third-order valence-corrected chi connectivity index (χ3v) is 2.87. The zero-order valence-electron chi connectivity index (χ0n) is 10.1. The Balaban J connectivity index is 2.35. The number of fused-ring (bicyclic) bond motifs is 1. The minimum absolute atomic E-state index is 0.242. The fourth-order valence-electron chi connectivity index (χ4n) is 2.04. The van der Waals surface area contributed by atoms with Crippen molar-refractivity contribution in [2.75, 3.05) is 23.8 Å². The fraction of sp³-hybridized carbons (Fsp3) is 0.417. The molecule has 3 N–H and O–H groups in total. The topological polar surface area (TPSA) is 72.8 Å². The lowest BCUT2D eigenvalue weighted by atomic mass is 10.1. The monoisotopic (exact) mass is 254 g/mol. The maximum atomic E-state index is 13.9. The van der Waals surface area contributed by atoms with Crippen molar-refractivity contribution in [1.29, 1.82) is 0 Å². The van der Waals surface area contributed by atoms with Crippen LogP contribution in [0.4, 0.5) is 15.8 Å². The Labute approximate surface area is 104 Å². The number of anilines is 2. The van der Waals surface area contributed by atoms with Crippen LogP contribution in [0.3, 0.4) is 0 Å². The summed E-state index contributed by atoms with van der Waals surface area (Å²) in [6.45, 7) is 1.87. The zero-order chi connectivity index (χ0) is 13.4. The summed E-state index contributed by atoms with van der Waals surface area (Å²) in [7, 11) is 1.64. The van der Waals surface area contributed by atoms with Gasteiger partial charge >= 0.3 is 0 Å². The number of aliphatic hydroxyl groups excluding tert-OH is 2. The van der Waals surface area contributed by atoms with Crippen LogP contribution in [0.2, 0.25) is 0 Å². The minimum Gasteiger partial charge on any atom is -0.392 e. The predicted molar refractivity (Wildman–Crippen MR) is 64.9 cm³/mol. The first-order valence-electron chi connectivity index (χ1n) is 5.61. The molecule has 0 radical (unpaired) electrons. The van der Waals surface area contributed by atoms with E-state index in [2.05, 4.69) is 5.32 Å². The van der Waals surface area contributed by atoms with Gasteiger partial charge in [-0.3, -0.25) is 4.79 Å². The molecule has 0 aromatic heterocycles. The number of benzene rings is 1. The summed E-state index contributed by atoms with van der Waals surface area (Å²) in [5.74, 6) is -1.09. The van der Waals surface area contributed by atoms with Gasteiger partial charge in [-0.05, 0) is 19.1 Å². The average Bonchev–Trinajstić information content (AvgIpc) is 2.53. The lowest BCUT2D eigenvalue weighted by Crippen LogP contribution is -2.27. The van der Waals surface area contributed by atoms with Crippen molar-refractivity contribution in [3.63, 3.8) is 0 Å². The van der Waals surface area contributed by atoms with Crippen LogP contribution in [0.15, 0.2) is 12.1 Å². The molecule has 5 nitrogen and oxygen atoms in total. The van der Waals surface area contributed by atoms with Gasteiger partial charge in [-0.2, -0.15) is 0 Å². The molecular formula is C12H15FN2O3. The van der Waals surface area contributed by atoms with E-state index in [9.17, 15) is 19.4 Å². The number of rotatable bonds is 3. The Hall–Kier alpha value is -1.66. The van der Waals surface area contributed by atoms with E-state index < -0.39 is 23.9 Å². The van der Waals surface area contributed by atoms with Crippen molar-refractivity contribution in [2.45, 2.75) is 19.1 Å². The lowest BCUT2D eigenvalue weighted by Gasteiger charge is -2.22. The third kappa shape index (κ3) is 2.16. The van der Waals surface area contributed by atoms with Crippen LogP contribution in [0.5, 0.6) is 0 Å². The molecule has 2 unspecified atom stereocenters. The highest BCUT2D eigenvalue weighted by atomic mass is 19.1. The molecule has 2 atom stereocenters. The van der Waals surface area contributed by atoms with E-state index in [1.807, 2.05) is 0 Å². The number of amides is 1. The van der Waals surface area contributed by atoms with E-state index in [-0.39, 0.29) is 17.8 Å². The maximum absolute atomic E-state index is 13.9. The number of carbonyl (C=O) groups is 1. The molecule has 1 heterocycles. The standard InChI is InChI=1S/C12H15FN2O3/c1-6(16)5-15(2)10-4-9-7(3-8(10)13)11(17)12(18)14-9/h3-4,6,11,16-17H,5H2,1-2H3,(H,14,18). The summed E-state index contributed by atoms with van der Waals surface area (Å²) in [5, 5.41) is 21.3. The zero-order valence-corrected chi connectivity index (χ0v) is 10.1. The second kappa shape index (κ2) is 4.55. The molecule has 0 bridgehead atoms. The molecule has 0 aliphatic carbocycles. The van der Waals surface area contributed by atoms with Crippen molar-refractivity contribution < 1.29 is 19.4 Å². The summed E-state index contributed by atoms with van der Waals surface area (Å²) in [4.78, 5) is 12.8. The molecule has 0 saturated carbocycles. The fourth-order valence-corrected chi connectivity index (χ4v) is 2.04. The highest BCUT2D eigenvalue weighted by Gasteiger charge is 2.30. The van der Waals surface area contributed by atoms with Gasteiger partial charge in [0.25, 0.3) is 5.91 Å². The van der Waals surface area contributed by atoms with E-state index in [4.69, 9.17) is 0 Å². The van der Waals surface area contributed by atoms with E-state index in [0.29, 0.717) is 5.69 Å². The summed E-state index contributed by atoms with van der Waals surface area (Å²) in [6, 6.07) is 2.60. The van der Waals surface area contributed by atoms with Crippen molar-refractivity contribution in [3.8, 4) is 0 Å². The number of halogens is 1. The van der Waals surface area contributed by atoms with Gasteiger partial charge in [0.2, 0.25) is 0 Å². The normalized spacial score (nSPS) is 19.4. The molecule has 0 saturated heterocycles. The Morgan fingerprint density at radius 2 is 2.22 bits per heavy atom. The van der Waals surface area contributed by atoms with E-state index in [0.717, 1.165) is 6.07 Å². The average molecular weight is 254 g/mol. The number of hydrogen-bond donors (Lipinski definition) is 3. The van der Waals surface area contributed by atoms with Crippen molar-refractivity contribution in [3.05, 3.63) is 23.5 Å². The van der Waals surface area contributed by atoms with Crippen LogP contribution in [-0.4, -0.2) is 35.8 Å². The van der Waals surface area contributed by atoms with Crippen LogP contribution in [0.25, 0.3) is 0 Å². The summed E-state index contributed by atoms with van der Waals surface area (Å²) in [6.07, 6.45) is -1.91. The summed E-state index contributed by atoms with van der Waals surface area (Å²) < 4.78 is 13.9. The predicted octanol–water partition coefficient (Wildman–Crippen LogP) is 0.628.